The fourth-order valence-corrected chi connectivity index (χ4v) is 3.81. The number of aromatic carboxylic acids is 1. The van der Waals surface area contributed by atoms with Crippen molar-refractivity contribution in [2.24, 2.45) is 0 Å². The molecule has 1 heterocycles. The summed E-state index contributed by atoms with van der Waals surface area (Å²) in [5.41, 5.74) is 3.42. The molecule has 4 rings (SSSR count). The summed E-state index contributed by atoms with van der Waals surface area (Å²) in [7, 11) is 0. The molecule has 0 aliphatic carbocycles. The summed E-state index contributed by atoms with van der Waals surface area (Å²) in [6.45, 7) is 3.83. The number of benzene rings is 3. The minimum Gasteiger partial charge on any atom is -0.478 e. The van der Waals surface area contributed by atoms with Crippen LogP contribution in [-0.4, -0.2) is 21.4 Å². The second-order valence-corrected chi connectivity index (χ2v) is 7.11. The van der Waals surface area contributed by atoms with Crippen LogP contribution in [0.4, 0.5) is 0 Å². The molecule has 3 aromatic carbocycles. The molecule has 0 aliphatic rings. The lowest BCUT2D eigenvalue weighted by molar-refractivity contribution is 0.0693. The Kier molecular flexibility index (Phi) is 4.40. The maximum absolute atomic E-state index is 13.1. The van der Waals surface area contributed by atoms with Gasteiger partial charge in [0.1, 0.15) is 6.04 Å². The number of rotatable bonds is 4. The molecule has 1 atom stereocenters. The highest BCUT2D eigenvalue weighted by atomic mass is 16.4. The van der Waals surface area contributed by atoms with E-state index in [0.717, 1.165) is 27.4 Å². The summed E-state index contributed by atoms with van der Waals surface area (Å²) in [5.74, 6) is -1.48. The van der Waals surface area contributed by atoms with E-state index in [-0.39, 0.29) is 23.0 Å². The molecule has 0 fully saturated rings. The number of hydrogen-bond donors (Lipinski definition) is 1. The Morgan fingerprint density at radius 2 is 1.59 bits per heavy atom. The van der Waals surface area contributed by atoms with Crippen LogP contribution in [0.25, 0.3) is 21.8 Å². The summed E-state index contributed by atoms with van der Waals surface area (Å²) in [6.07, 6.45) is 0. The first-order chi connectivity index (χ1) is 13.9. The third kappa shape index (κ3) is 2.95. The van der Waals surface area contributed by atoms with Crippen LogP contribution in [0.3, 0.4) is 0 Å². The normalized spacial score (nSPS) is 12.0. The third-order valence-corrected chi connectivity index (χ3v) is 5.20. The van der Waals surface area contributed by atoms with Gasteiger partial charge < -0.3 is 9.67 Å². The molecule has 5 heteroatoms. The highest BCUT2D eigenvalue weighted by Crippen LogP contribution is 2.33. The van der Waals surface area contributed by atoms with Gasteiger partial charge in [-0.1, -0.05) is 29.8 Å². The highest BCUT2D eigenvalue weighted by molar-refractivity contribution is 6.17. The van der Waals surface area contributed by atoms with Crippen molar-refractivity contribution in [2.75, 3.05) is 0 Å². The van der Waals surface area contributed by atoms with Gasteiger partial charge in [0.05, 0.1) is 22.7 Å². The number of nitrogens with zero attached hydrogens (tertiary/aromatic N) is 2. The molecule has 0 amide bonds. The molecule has 1 unspecified atom stereocenters. The second kappa shape index (κ2) is 6.92. The minimum atomic E-state index is -1.13. The van der Waals surface area contributed by atoms with E-state index in [1.807, 2.05) is 42.7 Å². The van der Waals surface area contributed by atoms with E-state index < -0.39 is 5.97 Å². The Morgan fingerprint density at radius 3 is 2.24 bits per heavy atom. The number of fused-ring (bicyclic) bond motifs is 3. The van der Waals surface area contributed by atoms with E-state index in [4.69, 9.17) is 0 Å². The predicted molar refractivity (Wildman–Crippen MR) is 111 cm³/mol. The molecule has 1 N–H and O–H groups in total. The molecule has 142 valence electrons. The number of aromatic nitrogens is 1. The first-order valence-corrected chi connectivity index (χ1v) is 9.23. The number of aryl methyl sites for hydroxylation is 1. The topological polar surface area (TPSA) is 83.1 Å². The average molecular weight is 382 g/mol. The number of carbonyl (C=O) groups excluding carboxylic acids is 1. The van der Waals surface area contributed by atoms with Gasteiger partial charge >= 0.3 is 5.97 Å². The zero-order valence-corrected chi connectivity index (χ0v) is 16.0. The fourth-order valence-electron chi connectivity index (χ4n) is 3.81. The van der Waals surface area contributed by atoms with Gasteiger partial charge in [0, 0.05) is 21.9 Å². The quantitative estimate of drug-likeness (QED) is 0.497. The zero-order chi connectivity index (χ0) is 20.7. The van der Waals surface area contributed by atoms with Crippen LogP contribution < -0.4 is 0 Å². The van der Waals surface area contributed by atoms with Crippen molar-refractivity contribution >= 4 is 33.6 Å². The number of carboxylic acids is 1. The van der Waals surface area contributed by atoms with Crippen molar-refractivity contribution in [3.63, 3.8) is 0 Å². The van der Waals surface area contributed by atoms with Crippen LogP contribution in [0.1, 0.15) is 44.8 Å². The first-order valence-electron chi connectivity index (χ1n) is 9.23. The van der Waals surface area contributed by atoms with Gasteiger partial charge in [-0.15, -0.1) is 0 Å². The molecule has 0 saturated carbocycles. The average Bonchev–Trinajstić information content (AvgIpc) is 3.05. The number of carboxylic acid groups (broad SMARTS) is 1. The maximum atomic E-state index is 13.1. The summed E-state index contributed by atoms with van der Waals surface area (Å²) < 4.78 is 1.96. The lowest BCUT2D eigenvalue weighted by atomic mass is 9.97. The number of ketones is 1. The molecule has 29 heavy (non-hydrogen) atoms. The molecule has 5 nitrogen and oxygen atoms in total. The van der Waals surface area contributed by atoms with E-state index in [9.17, 15) is 20.0 Å². The minimum absolute atomic E-state index is 0.0195. The molecule has 0 radical (unpaired) electrons. The second-order valence-electron chi connectivity index (χ2n) is 7.11. The zero-order valence-electron chi connectivity index (χ0n) is 16.0. The number of nitriles is 1. The smallest absolute Gasteiger partial charge is 0.336 e. The van der Waals surface area contributed by atoms with Crippen LogP contribution in [-0.2, 0) is 0 Å². The van der Waals surface area contributed by atoms with Crippen LogP contribution in [0, 0.1) is 18.3 Å². The van der Waals surface area contributed by atoms with Crippen LogP contribution in [0.2, 0.25) is 0 Å². The molecule has 0 saturated heterocycles. The van der Waals surface area contributed by atoms with E-state index in [1.54, 1.807) is 24.3 Å². The molecule has 1 aromatic heterocycles. The van der Waals surface area contributed by atoms with Crippen molar-refractivity contribution < 1.29 is 14.7 Å². The van der Waals surface area contributed by atoms with Crippen molar-refractivity contribution in [2.45, 2.75) is 19.9 Å². The first kappa shape index (κ1) is 18.5. The molecule has 4 aromatic rings. The Bertz CT molecular complexity index is 1340. The lowest BCUT2D eigenvalue weighted by Gasteiger charge is -2.10. The van der Waals surface area contributed by atoms with Crippen molar-refractivity contribution in [3.05, 3.63) is 82.9 Å². The summed E-state index contributed by atoms with van der Waals surface area (Å²) in [6, 6.07) is 19.5. The Hall–Kier alpha value is -3.91. The Morgan fingerprint density at radius 1 is 0.966 bits per heavy atom. The van der Waals surface area contributed by atoms with Gasteiger partial charge in [0.25, 0.3) is 0 Å². The predicted octanol–water partition coefficient (Wildman–Crippen LogP) is 5.12. The van der Waals surface area contributed by atoms with Gasteiger partial charge in [-0.3, -0.25) is 4.79 Å². The van der Waals surface area contributed by atoms with E-state index in [2.05, 4.69) is 6.07 Å². The monoisotopic (exact) mass is 382 g/mol. The number of hydrogen-bond acceptors (Lipinski definition) is 3. The summed E-state index contributed by atoms with van der Waals surface area (Å²) >= 11 is 0. The Labute approximate surface area is 167 Å². The molecule has 0 spiro atoms. The van der Waals surface area contributed by atoms with Gasteiger partial charge in [-0.05, 0) is 50.2 Å². The van der Waals surface area contributed by atoms with E-state index in [1.165, 1.54) is 12.1 Å². The largest absolute Gasteiger partial charge is 0.478 e. The standard InChI is InChI=1S/C24H18N2O3/c1-14-7-9-21-19(11-14)20-12-16(8-10-22(20)26(21)15(2)13-25)23(27)17-5-3-4-6-18(17)24(28)29/h3-12,15H,1-2H3,(H,28,29). The van der Waals surface area contributed by atoms with Gasteiger partial charge in [-0.25, -0.2) is 4.79 Å². The van der Waals surface area contributed by atoms with Gasteiger partial charge in [-0.2, -0.15) is 5.26 Å². The van der Waals surface area contributed by atoms with Crippen molar-refractivity contribution in [1.82, 2.24) is 4.57 Å². The molecule has 0 bridgehead atoms. The van der Waals surface area contributed by atoms with E-state index in [0.29, 0.717) is 5.56 Å². The third-order valence-electron chi connectivity index (χ3n) is 5.20. The SMILES string of the molecule is Cc1ccc2c(c1)c1cc(C(=O)c3ccccc3C(=O)O)ccc1n2C(C)C#N. The summed E-state index contributed by atoms with van der Waals surface area (Å²) in [4.78, 5) is 24.6. The maximum Gasteiger partial charge on any atom is 0.336 e. The van der Waals surface area contributed by atoms with Gasteiger partial charge in [0.2, 0.25) is 0 Å². The lowest BCUT2D eigenvalue weighted by Crippen LogP contribution is -2.09. The number of carbonyl (C=O) groups is 2. The van der Waals surface area contributed by atoms with E-state index >= 15 is 0 Å². The van der Waals surface area contributed by atoms with Gasteiger partial charge in [0.15, 0.2) is 5.78 Å². The van der Waals surface area contributed by atoms with Crippen LogP contribution in [0.15, 0.2) is 60.7 Å². The fraction of sp³-hybridized carbons (Fsp3) is 0.125. The molecular weight excluding hydrogens is 364 g/mol. The van der Waals surface area contributed by atoms with Crippen LogP contribution in [0.5, 0.6) is 0 Å². The molecule has 0 aliphatic heterocycles. The van der Waals surface area contributed by atoms with Crippen molar-refractivity contribution in [3.8, 4) is 6.07 Å². The Balaban J connectivity index is 1.97. The van der Waals surface area contributed by atoms with Crippen molar-refractivity contribution in [1.29, 1.82) is 5.26 Å². The molecular formula is C24H18N2O3. The van der Waals surface area contributed by atoms with Crippen LogP contribution >= 0.6 is 0 Å². The highest BCUT2D eigenvalue weighted by Gasteiger charge is 2.20. The summed E-state index contributed by atoms with van der Waals surface area (Å²) in [5, 5.41) is 20.7.